The van der Waals surface area contributed by atoms with Gasteiger partial charge in [-0.15, -0.1) is 0 Å². The van der Waals surface area contributed by atoms with Crippen molar-refractivity contribution in [1.82, 2.24) is 19.5 Å². The van der Waals surface area contributed by atoms with E-state index in [4.69, 9.17) is 5.11 Å². The van der Waals surface area contributed by atoms with Crippen molar-refractivity contribution in [3.05, 3.63) is 59.9 Å². The Kier molecular flexibility index (Phi) is 4.33. The Morgan fingerprint density at radius 1 is 1.23 bits per heavy atom. The van der Waals surface area contributed by atoms with Crippen LogP contribution in [-0.2, 0) is 6.18 Å². The molecule has 1 aromatic carbocycles. The van der Waals surface area contributed by atoms with Gasteiger partial charge in [-0.1, -0.05) is 6.07 Å². The van der Waals surface area contributed by atoms with Gasteiger partial charge < -0.3 is 15.0 Å². The molecule has 134 valence electrons. The zero-order valence-corrected chi connectivity index (χ0v) is 13.3. The number of carboxylic acids is 1. The number of carboxylic acid groups (broad SMARTS) is 1. The van der Waals surface area contributed by atoms with Gasteiger partial charge in [-0.05, 0) is 31.2 Å². The summed E-state index contributed by atoms with van der Waals surface area (Å²) in [5.41, 5.74) is -0.143. The molecule has 0 spiro atoms. The minimum absolute atomic E-state index is 0.109. The van der Waals surface area contributed by atoms with E-state index in [2.05, 4.69) is 20.3 Å². The van der Waals surface area contributed by atoms with E-state index in [1.165, 1.54) is 6.20 Å². The van der Waals surface area contributed by atoms with Gasteiger partial charge in [-0.2, -0.15) is 13.2 Å². The summed E-state index contributed by atoms with van der Waals surface area (Å²) >= 11 is 0. The second-order valence-electron chi connectivity index (χ2n) is 5.29. The summed E-state index contributed by atoms with van der Waals surface area (Å²) in [6.45, 7) is 1.64. The van der Waals surface area contributed by atoms with Gasteiger partial charge in [0.2, 0.25) is 5.95 Å². The van der Waals surface area contributed by atoms with Crippen LogP contribution in [0, 0.1) is 6.92 Å². The number of hydrogen-bond acceptors (Lipinski definition) is 5. The number of halogens is 3. The van der Waals surface area contributed by atoms with Crippen LogP contribution in [-0.4, -0.2) is 30.6 Å². The molecule has 3 aromatic rings. The standard InChI is InChI=1S/C16H12F3N5O2/c1-9-21-12(14(25)26)8-24(9)11-4-2-3-10(7-11)22-15-20-6-5-13(23-15)16(17,18)19/h2-8H,1H3,(H,25,26)(H,20,22,23). The van der Waals surface area contributed by atoms with E-state index in [1.54, 1.807) is 35.8 Å². The molecule has 0 atom stereocenters. The molecular formula is C16H12F3N5O2. The molecule has 3 rings (SSSR count). The van der Waals surface area contributed by atoms with E-state index in [-0.39, 0.29) is 11.6 Å². The van der Waals surface area contributed by atoms with Crippen LogP contribution in [0.15, 0.2) is 42.7 Å². The van der Waals surface area contributed by atoms with Gasteiger partial charge in [-0.3, -0.25) is 0 Å². The summed E-state index contributed by atoms with van der Waals surface area (Å²) in [7, 11) is 0. The Hall–Kier alpha value is -3.43. The highest BCUT2D eigenvalue weighted by Crippen LogP contribution is 2.28. The third-order valence-corrected chi connectivity index (χ3v) is 3.43. The number of aromatic carboxylic acids is 1. The SMILES string of the molecule is Cc1nc(C(=O)O)cn1-c1cccc(Nc2nccc(C(F)(F)F)n2)c1. The van der Waals surface area contributed by atoms with Crippen LogP contribution >= 0.6 is 0 Å². The molecule has 0 aliphatic heterocycles. The monoisotopic (exact) mass is 363 g/mol. The average molecular weight is 363 g/mol. The maximum atomic E-state index is 12.7. The first kappa shape index (κ1) is 17.4. The minimum Gasteiger partial charge on any atom is -0.476 e. The van der Waals surface area contributed by atoms with Gasteiger partial charge >= 0.3 is 12.1 Å². The molecule has 0 unspecified atom stereocenters. The lowest BCUT2D eigenvalue weighted by molar-refractivity contribution is -0.141. The molecule has 0 bridgehead atoms. The Labute approximate surface area is 145 Å². The van der Waals surface area contributed by atoms with Gasteiger partial charge in [0.1, 0.15) is 11.5 Å². The zero-order chi connectivity index (χ0) is 18.9. The number of hydrogen-bond donors (Lipinski definition) is 2. The molecule has 0 saturated heterocycles. The minimum atomic E-state index is -4.57. The van der Waals surface area contributed by atoms with Crippen molar-refractivity contribution < 1.29 is 23.1 Å². The topological polar surface area (TPSA) is 92.9 Å². The van der Waals surface area contributed by atoms with E-state index < -0.39 is 17.8 Å². The molecule has 0 aliphatic carbocycles. The van der Waals surface area contributed by atoms with Gasteiger partial charge in [0.05, 0.1) is 0 Å². The van der Waals surface area contributed by atoms with E-state index in [1.807, 2.05) is 0 Å². The summed E-state index contributed by atoms with van der Waals surface area (Å²) < 4.78 is 39.7. The first-order chi connectivity index (χ1) is 12.2. The van der Waals surface area contributed by atoms with Crippen molar-refractivity contribution in [3.8, 4) is 5.69 Å². The van der Waals surface area contributed by atoms with Crippen LogP contribution in [0.25, 0.3) is 5.69 Å². The van der Waals surface area contributed by atoms with Crippen molar-refractivity contribution in [3.63, 3.8) is 0 Å². The zero-order valence-electron chi connectivity index (χ0n) is 13.3. The number of benzene rings is 1. The number of rotatable bonds is 4. The second kappa shape index (κ2) is 6.47. The molecule has 0 radical (unpaired) electrons. The first-order valence-corrected chi connectivity index (χ1v) is 7.31. The highest BCUT2D eigenvalue weighted by Gasteiger charge is 2.32. The van der Waals surface area contributed by atoms with E-state index >= 15 is 0 Å². The largest absolute Gasteiger partial charge is 0.476 e. The third kappa shape index (κ3) is 3.63. The van der Waals surface area contributed by atoms with E-state index in [0.29, 0.717) is 17.2 Å². The Morgan fingerprint density at radius 2 is 2.00 bits per heavy atom. The predicted molar refractivity (Wildman–Crippen MR) is 85.6 cm³/mol. The number of aromatic nitrogens is 4. The summed E-state index contributed by atoms with van der Waals surface area (Å²) in [6, 6.07) is 7.38. The fourth-order valence-electron chi connectivity index (χ4n) is 2.28. The number of alkyl halides is 3. The molecule has 0 aliphatic rings. The van der Waals surface area contributed by atoms with Gasteiger partial charge in [0.15, 0.2) is 5.69 Å². The molecule has 26 heavy (non-hydrogen) atoms. The fraction of sp³-hybridized carbons (Fsp3) is 0.125. The van der Waals surface area contributed by atoms with Crippen LogP contribution in [0.1, 0.15) is 22.0 Å². The maximum absolute atomic E-state index is 12.7. The predicted octanol–water partition coefficient (Wildman–Crippen LogP) is 3.43. The fourth-order valence-corrected chi connectivity index (χ4v) is 2.28. The van der Waals surface area contributed by atoms with Crippen molar-refractivity contribution in [2.24, 2.45) is 0 Å². The van der Waals surface area contributed by atoms with Crippen molar-refractivity contribution in [2.75, 3.05) is 5.32 Å². The van der Waals surface area contributed by atoms with Crippen LogP contribution in [0.3, 0.4) is 0 Å². The van der Waals surface area contributed by atoms with Gasteiger partial charge in [0, 0.05) is 23.8 Å². The molecular weight excluding hydrogens is 351 g/mol. The molecule has 0 amide bonds. The smallest absolute Gasteiger partial charge is 0.433 e. The average Bonchev–Trinajstić information content (AvgIpc) is 2.97. The summed E-state index contributed by atoms with van der Waals surface area (Å²) in [5.74, 6) is -0.904. The number of carbonyl (C=O) groups is 1. The number of nitrogens with one attached hydrogen (secondary N) is 1. The van der Waals surface area contributed by atoms with Crippen molar-refractivity contribution in [1.29, 1.82) is 0 Å². The molecule has 7 nitrogen and oxygen atoms in total. The van der Waals surface area contributed by atoms with Crippen LogP contribution < -0.4 is 5.32 Å². The lowest BCUT2D eigenvalue weighted by Crippen LogP contribution is -2.10. The van der Waals surface area contributed by atoms with E-state index in [9.17, 15) is 18.0 Å². The second-order valence-corrected chi connectivity index (χ2v) is 5.29. The summed E-state index contributed by atoms with van der Waals surface area (Å²) in [4.78, 5) is 22.2. The summed E-state index contributed by atoms with van der Waals surface area (Å²) in [6.07, 6.45) is -2.19. The number of anilines is 2. The Bertz CT molecular complexity index is 969. The first-order valence-electron chi connectivity index (χ1n) is 7.31. The lowest BCUT2D eigenvalue weighted by atomic mass is 10.2. The van der Waals surface area contributed by atoms with E-state index in [0.717, 1.165) is 12.3 Å². The van der Waals surface area contributed by atoms with Crippen LogP contribution in [0.5, 0.6) is 0 Å². The molecule has 10 heteroatoms. The number of aryl methyl sites for hydroxylation is 1. The van der Waals surface area contributed by atoms with Gasteiger partial charge in [0.25, 0.3) is 0 Å². The Morgan fingerprint density at radius 3 is 2.65 bits per heavy atom. The highest BCUT2D eigenvalue weighted by atomic mass is 19.4. The maximum Gasteiger partial charge on any atom is 0.433 e. The molecule has 0 fully saturated rings. The lowest BCUT2D eigenvalue weighted by Gasteiger charge is -2.10. The Balaban J connectivity index is 1.90. The van der Waals surface area contributed by atoms with Crippen molar-refractivity contribution >= 4 is 17.6 Å². The molecule has 2 N–H and O–H groups in total. The summed E-state index contributed by atoms with van der Waals surface area (Å²) in [5, 5.41) is 11.7. The molecule has 0 saturated carbocycles. The molecule has 2 heterocycles. The van der Waals surface area contributed by atoms with Crippen molar-refractivity contribution in [2.45, 2.75) is 13.1 Å². The molecule has 2 aromatic heterocycles. The van der Waals surface area contributed by atoms with Crippen LogP contribution in [0.4, 0.5) is 24.8 Å². The quantitative estimate of drug-likeness (QED) is 0.738. The third-order valence-electron chi connectivity index (χ3n) is 3.43. The number of imidazole rings is 1. The normalized spacial score (nSPS) is 11.4. The number of nitrogens with zero attached hydrogens (tertiary/aromatic N) is 4. The highest BCUT2D eigenvalue weighted by molar-refractivity contribution is 5.85. The van der Waals surface area contributed by atoms with Gasteiger partial charge in [-0.25, -0.2) is 19.7 Å². The van der Waals surface area contributed by atoms with Crippen LogP contribution in [0.2, 0.25) is 0 Å².